The molecule has 0 bridgehead atoms. The first-order valence-corrected chi connectivity index (χ1v) is 16.8. The van der Waals surface area contributed by atoms with Gasteiger partial charge in [-0.15, -0.1) is 11.3 Å². The molecule has 1 aliphatic rings. The molecule has 0 spiro atoms. The Bertz CT molecular complexity index is 1350. The summed E-state index contributed by atoms with van der Waals surface area (Å²) < 4.78 is 27.3. The summed E-state index contributed by atoms with van der Waals surface area (Å²) in [5.74, 6) is -1.40. The topological polar surface area (TPSA) is 158 Å². The molecule has 0 radical (unpaired) electrons. The molecule has 0 saturated heterocycles. The lowest BCUT2D eigenvalue weighted by atomic mass is 9.96. The van der Waals surface area contributed by atoms with E-state index in [4.69, 9.17) is 0 Å². The third-order valence-electron chi connectivity index (χ3n) is 7.85. The molecule has 232 valence electrons. The molecule has 3 rings (SSSR count). The van der Waals surface area contributed by atoms with Gasteiger partial charge in [-0.2, -0.15) is 0 Å². The normalized spacial score (nSPS) is 16.2. The van der Waals surface area contributed by atoms with E-state index in [1.54, 1.807) is 12.4 Å². The SMILES string of the molecule is CCCC(C)S(=O)(=O)N(C)c1cc(C(=O)O)cc(C(=O)N[C@H](CNC(C)(CC)C(=O)NCC2CC2)Cc2cscn2)c1. The van der Waals surface area contributed by atoms with Gasteiger partial charge in [0.15, 0.2) is 0 Å². The minimum absolute atomic E-state index is 0.0128. The number of anilines is 1. The highest BCUT2D eigenvalue weighted by molar-refractivity contribution is 7.93. The van der Waals surface area contributed by atoms with Crippen LogP contribution in [0.2, 0.25) is 0 Å². The number of amides is 2. The highest BCUT2D eigenvalue weighted by Crippen LogP contribution is 2.28. The average molecular weight is 622 g/mol. The van der Waals surface area contributed by atoms with Crippen molar-refractivity contribution in [2.45, 2.75) is 83.1 Å². The third-order valence-corrected chi connectivity index (χ3v) is 10.7. The second kappa shape index (κ2) is 14.4. The zero-order valence-corrected chi connectivity index (χ0v) is 26.6. The van der Waals surface area contributed by atoms with Crippen molar-refractivity contribution >= 4 is 44.8 Å². The first-order valence-electron chi connectivity index (χ1n) is 14.4. The van der Waals surface area contributed by atoms with E-state index in [0.29, 0.717) is 38.1 Å². The molecule has 1 aromatic heterocycles. The van der Waals surface area contributed by atoms with Crippen LogP contribution in [-0.4, -0.2) is 73.3 Å². The number of carbonyl (C=O) groups excluding carboxylic acids is 2. The maximum absolute atomic E-state index is 13.5. The van der Waals surface area contributed by atoms with Gasteiger partial charge < -0.3 is 21.1 Å². The van der Waals surface area contributed by atoms with Gasteiger partial charge in [-0.25, -0.2) is 18.2 Å². The summed E-state index contributed by atoms with van der Waals surface area (Å²) in [7, 11) is -2.43. The van der Waals surface area contributed by atoms with Crippen molar-refractivity contribution in [1.29, 1.82) is 0 Å². The highest BCUT2D eigenvalue weighted by atomic mass is 32.2. The largest absolute Gasteiger partial charge is 0.478 e. The van der Waals surface area contributed by atoms with Crippen molar-refractivity contribution in [3.05, 3.63) is 45.9 Å². The summed E-state index contributed by atoms with van der Waals surface area (Å²) in [6.07, 6.45) is 4.28. The number of sulfonamides is 1. The van der Waals surface area contributed by atoms with Crippen molar-refractivity contribution < 1.29 is 27.9 Å². The molecular formula is C29H43N5O6S2. The lowest BCUT2D eigenvalue weighted by Gasteiger charge is -2.31. The maximum atomic E-state index is 13.5. The van der Waals surface area contributed by atoms with Gasteiger partial charge in [0, 0.05) is 43.5 Å². The van der Waals surface area contributed by atoms with Crippen LogP contribution in [0, 0.1) is 5.92 Å². The van der Waals surface area contributed by atoms with Crippen LogP contribution in [0.1, 0.15) is 86.2 Å². The molecule has 1 aliphatic carbocycles. The van der Waals surface area contributed by atoms with Crippen molar-refractivity contribution in [2.75, 3.05) is 24.4 Å². The number of hydrogen-bond donors (Lipinski definition) is 4. The Morgan fingerprint density at radius 3 is 2.45 bits per heavy atom. The van der Waals surface area contributed by atoms with Gasteiger partial charge in [0.05, 0.1) is 33.2 Å². The molecule has 42 heavy (non-hydrogen) atoms. The third kappa shape index (κ3) is 8.74. The Hall–Kier alpha value is -3.03. The molecule has 1 heterocycles. The van der Waals surface area contributed by atoms with Crippen molar-refractivity contribution in [2.24, 2.45) is 5.92 Å². The standard InChI is InChI=1S/C29H43N5O6S2/c1-6-8-19(3)42(39,40)34(5)25-12-21(11-22(13-25)27(36)37)26(35)33-23(14-24-17-41-18-31-24)16-32-29(4,7-2)28(38)30-15-20-9-10-20/h11-13,17-20,23,32H,6-10,14-16H2,1-5H3,(H,30,38)(H,33,35)(H,36,37)/t19?,23-,29?/m0/s1. The number of aromatic nitrogens is 1. The molecule has 3 atom stereocenters. The molecule has 2 amide bonds. The van der Waals surface area contributed by atoms with Crippen molar-refractivity contribution in [3.8, 4) is 0 Å². The van der Waals surface area contributed by atoms with E-state index in [9.17, 15) is 27.9 Å². The summed E-state index contributed by atoms with van der Waals surface area (Å²) in [5.41, 5.74) is 1.49. The lowest BCUT2D eigenvalue weighted by molar-refractivity contribution is -0.127. The number of rotatable bonds is 17. The van der Waals surface area contributed by atoms with Crippen molar-refractivity contribution in [3.63, 3.8) is 0 Å². The number of carboxylic acids is 1. The second-order valence-electron chi connectivity index (χ2n) is 11.3. The predicted octanol–water partition coefficient (Wildman–Crippen LogP) is 3.42. The monoisotopic (exact) mass is 621 g/mol. The Kier molecular flexibility index (Phi) is 11.5. The zero-order chi connectivity index (χ0) is 31.1. The van der Waals surface area contributed by atoms with E-state index in [1.165, 1.54) is 36.6 Å². The number of carbonyl (C=O) groups is 3. The van der Waals surface area contributed by atoms with E-state index < -0.39 is 38.7 Å². The van der Waals surface area contributed by atoms with Gasteiger partial charge in [-0.3, -0.25) is 13.9 Å². The highest BCUT2D eigenvalue weighted by Gasteiger charge is 2.33. The number of nitrogens with one attached hydrogen (secondary N) is 3. The summed E-state index contributed by atoms with van der Waals surface area (Å²) >= 11 is 1.43. The lowest BCUT2D eigenvalue weighted by Crippen LogP contribution is -2.58. The number of hydrogen-bond acceptors (Lipinski definition) is 8. The first-order chi connectivity index (χ1) is 19.8. The Labute approximate surface area is 252 Å². The van der Waals surface area contributed by atoms with Crippen LogP contribution < -0.4 is 20.3 Å². The smallest absolute Gasteiger partial charge is 0.335 e. The zero-order valence-electron chi connectivity index (χ0n) is 25.0. The molecule has 0 aliphatic heterocycles. The number of carboxylic acid groups (broad SMARTS) is 1. The van der Waals surface area contributed by atoms with E-state index >= 15 is 0 Å². The second-order valence-corrected chi connectivity index (χ2v) is 14.4. The number of benzene rings is 1. The fourth-order valence-electron chi connectivity index (χ4n) is 4.52. The molecule has 2 unspecified atom stereocenters. The number of aromatic carboxylic acids is 1. The molecule has 1 aromatic carbocycles. The Morgan fingerprint density at radius 1 is 1.19 bits per heavy atom. The van der Waals surface area contributed by atoms with E-state index in [2.05, 4.69) is 20.9 Å². The van der Waals surface area contributed by atoms with E-state index in [1.807, 2.05) is 26.2 Å². The van der Waals surface area contributed by atoms with Crippen LogP contribution in [0.5, 0.6) is 0 Å². The molecule has 11 nitrogen and oxygen atoms in total. The van der Waals surface area contributed by atoms with E-state index in [-0.39, 0.29) is 29.3 Å². The van der Waals surface area contributed by atoms with Gasteiger partial charge in [0.2, 0.25) is 15.9 Å². The Balaban J connectivity index is 1.84. The van der Waals surface area contributed by atoms with Gasteiger partial charge >= 0.3 is 5.97 Å². The van der Waals surface area contributed by atoms with Crippen LogP contribution in [0.4, 0.5) is 5.69 Å². The molecule has 2 aromatic rings. The summed E-state index contributed by atoms with van der Waals surface area (Å²) in [6.45, 7) is 8.14. The molecule has 1 fully saturated rings. The Morgan fingerprint density at radius 2 is 1.88 bits per heavy atom. The summed E-state index contributed by atoms with van der Waals surface area (Å²) in [6, 6.07) is 3.36. The number of nitrogens with zero attached hydrogens (tertiary/aromatic N) is 2. The van der Waals surface area contributed by atoms with E-state index in [0.717, 1.165) is 22.8 Å². The van der Waals surface area contributed by atoms with Crippen LogP contribution in [0.25, 0.3) is 0 Å². The fourth-order valence-corrected chi connectivity index (χ4v) is 6.57. The molecular weight excluding hydrogens is 578 g/mol. The first kappa shape index (κ1) is 33.5. The predicted molar refractivity (Wildman–Crippen MR) is 165 cm³/mol. The average Bonchev–Trinajstić information content (AvgIpc) is 3.66. The fraction of sp³-hybridized carbons (Fsp3) is 0.586. The number of thiazole rings is 1. The van der Waals surface area contributed by atoms with Gasteiger partial charge in [-0.1, -0.05) is 20.3 Å². The minimum atomic E-state index is -3.79. The summed E-state index contributed by atoms with van der Waals surface area (Å²) in [5, 5.41) is 20.2. The quantitative estimate of drug-likeness (QED) is 0.209. The maximum Gasteiger partial charge on any atom is 0.335 e. The van der Waals surface area contributed by atoms with Gasteiger partial charge in [0.1, 0.15) is 0 Å². The van der Waals surface area contributed by atoms with Crippen LogP contribution >= 0.6 is 11.3 Å². The molecule has 1 saturated carbocycles. The van der Waals surface area contributed by atoms with Crippen LogP contribution in [0.3, 0.4) is 0 Å². The van der Waals surface area contributed by atoms with Crippen molar-refractivity contribution in [1.82, 2.24) is 20.9 Å². The summed E-state index contributed by atoms with van der Waals surface area (Å²) in [4.78, 5) is 42.8. The van der Waals surface area contributed by atoms with Crippen LogP contribution in [0.15, 0.2) is 29.1 Å². The van der Waals surface area contributed by atoms with Gasteiger partial charge in [-0.05, 0) is 63.6 Å². The molecule has 13 heteroatoms. The molecule has 4 N–H and O–H groups in total. The van der Waals surface area contributed by atoms with Crippen LogP contribution in [-0.2, 0) is 21.2 Å². The van der Waals surface area contributed by atoms with Gasteiger partial charge in [0.25, 0.3) is 5.91 Å². The minimum Gasteiger partial charge on any atom is -0.478 e.